The van der Waals surface area contributed by atoms with E-state index in [4.69, 9.17) is 22.7 Å². The van der Waals surface area contributed by atoms with Gasteiger partial charge in [0.15, 0.2) is 5.11 Å². The van der Waals surface area contributed by atoms with Crippen molar-refractivity contribution in [1.29, 1.82) is 10.5 Å². The number of hydrogen-bond acceptors (Lipinski definition) is 5. The third kappa shape index (κ3) is 5.04. The second-order valence-electron chi connectivity index (χ2n) is 9.85. The number of alkyl halides is 6. The molecule has 43 heavy (non-hydrogen) atoms. The first-order chi connectivity index (χ1) is 20.2. The predicted molar refractivity (Wildman–Crippen MR) is 146 cm³/mol. The SMILES string of the molecule is N#Cc1cc(NC(=O)c2ccc(N3C(=S)N(c4ccc(C#N)c(C(F)(F)F)c4)C(=O)C34CCC4)cc2)ccc1C(F)(F)F. The maximum atomic E-state index is 13.6. The molecule has 1 heterocycles. The molecular weight excluding hydrogens is 596 g/mol. The number of anilines is 3. The smallest absolute Gasteiger partial charge is 0.322 e. The minimum atomic E-state index is -4.84. The van der Waals surface area contributed by atoms with Gasteiger partial charge in [-0.15, -0.1) is 0 Å². The highest BCUT2D eigenvalue weighted by atomic mass is 32.1. The monoisotopic (exact) mass is 613 g/mol. The van der Waals surface area contributed by atoms with Crippen LogP contribution in [0, 0.1) is 22.7 Å². The summed E-state index contributed by atoms with van der Waals surface area (Å²) in [5, 5.41) is 20.6. The summed E-state index contributed by atoms with van der Waals surface area (Å²) >= 11 is 5.58. The summed E-state index contributed by atoms with van der Waals surface area (Å²) in [6, 6.07) is 14.3. The molecule has 218 valence electrons. The number of amides is 2. The second kappa shape index (κ2) is 10.4. The fourth-order valence-corrected chi connectivity index (χ4v) is 5.61. The largest absolute Gasteiger partial charge is 0.417 e. The quantitative estimate of drug-likeness (QED) is 0.257. The number of hydrogen-bond donors (Lipinski definition) is 1. The Kier molecular flexibility index (Phi) is 7.14. The third-order valence-electron chi connectivity index (χ3n) is 7.37. The molecule has 3 aromatic carbocycles. The first-order valence-corrected chi connectivity index (χ1v) is 12.9. The van der Waals surface area contributed by atoms with Crippen LogP contribution in [0.4, 0.5) is 43.4 Å². The van der Waals surface area contributed by atoms with Crippen LogP contribution in [-0.2, 0) is 17.1 Å². The van der Waals surface area contributed by atoms with E-state index in [1.807, 2.05) is 0 Å². The Hall–Kier alpha value is -4.95. The van der Waals surface area contributed by atoms with Gasteiger partial charge in [0.1, 0.15) is 5.54 Å². The molecule has 0 radical (unpaired) electrons. The number of carbonyl (C=O) groups excluding carboxylic acids is 2. The van der Waals surface area contributed by atoms with Crippen LogP contribution in [0.2, 0.25) is 0 Å². The molecule has 0 bridgehead atoms. The molecule has 1 spiro atoms. The normalized spacial score (nSPS) is 16.1. The van der Waals surface area contributed by atoms with Crippen molar-refractivity contribution in [2.24, 2.45) is 0 Å². The van der Waals surface area contributed by atoms with Crippen LogP contribution in [0.25, 0.3) is 0 Å². The van der Waals surface area contributed by atoms with E-state index in [9.17, 15) is 35.9 Å². The molecule has 0 atom stereocenters. The average molecular weight is 614 g/mol. The first kappa shape index (κ1) is 29.5. The molecule has 5 rings (SSSR count). The summed E-state index contributed by atoms with van der Waals surface area (Å²) in [7, 11) is 0. The molecular formula is C29H17F6N5O2S. The molecule has 1 N–H and O–H groups in total. The zero-order valence-corrected chi connectivity index (χ0v) is 22.5. The third-order valence-corrected chi connectivity index (χ3v) is 7.74. The number of rotatable bonds is 4. The van der Waals surface area contributed by atoms with Crippen LogP contribution in [0.3, 0.4) is 0 Å². The number of nitriles is 2. The lowest BCUT2D eigenvalue weighted by Gasteiger charge is -2.43. The molecule has 0 aromatic heterocycles. The highest BCUT2D eigenvalue weighted by molar-refractivity contribution is 7.81. The van der Waals surface area contributed by atoms with E-state index in [0.717, 1.165) is 23.1 Å². The lowest BCUT2D eigenvalue weighted by atomic mass is 9.75. The van der Waals surface area contributed by atoms with Crippen molar-refractivity contribution in [3.05, 3.63) is 88.5 Å². The number of benzene rings is 3. The fourth-order valence-electron chi connectivity index (χ4n) is 5.14. The number of halogens is 6. The molecule has 2 aliphatic rings. The zero-order valence-electron chi connectivity index (χ0n) is 21.7. The standard InChI is InChI=1S/C29H17F6N5O2S/c30-28(31,32)22-9-5-19(12-18(22)15-37)38-24(41)16-2-6-20(7-3-16)40-26(43)39(25(42)27(40)10-1-11-27)21-8-4-17(14-36)23(13-21)29(33,34)35/h2-9,12-13H,1,10-11H2,(H,38,41). The molecule has 1 aliphatic carbocycles. The maximum absolute atomic E-state index is 13.6. The number of nitrogens with zero attached hydrogens (tertiary/aromatic N) is 4. The maximum Gasteiger partial charge on any atom is 0.417 e. The van der Waals surface area contributed by atoms with Gasteiger partial charge in [-0.3, -0.25) is 14.5 Å². The summed E-state index contributed by atoms with van der Waals surface area (Å²) in [5.74, 6) is -1.20. The molecule has 0 unspecified atom stereocenters. The van der Waals surface area contributed by atoms with Crippen molar-refractivity contribution in [1.82, 2.24) is 0 Å². The van der Waals surface area contributed by atoms with Crippen LogP contribution in [0.5, 0.6) is 0 Å². The zero-order chi connectivity index (χ0) is 31.3. The van der Waals surface area contributed by atoms with Gasteiger partial charge in [0.05, 0.1) is 40.1 Å². The summed E-state index contributed by atoms with van der Waals surface area (Å²) in [6.07, 6.45) is -8.16. The van der Waals surface area contributed by atoms with Gasteiger partial charge in [-0.25, -0.2) is 0 Å². The fraction of sp³-hybridized carbons (Fsp3) is 0.207. The van der Waals surface area contributed by atoms with E-state index in [1.54, 1.807) is 0 Å². The van der Waals surface area contributed by atoms with E-state index >= 15 is 0 Å². The van der Waals surface area contributed by atoms with E-state index in [0.29, 0.717) is 37.1 Å². The molecule has 1 saturated heterocycles. The highest BCUT2D eigenvalue weighted by Gasteiger charge is 2.59. The van der Waals surface area contributed by atoms with Crippen molar-refractivity contribution in [2.75, 3.05) is 15.1 Å². The molecule has 7 nitrogen and oxygen atoms in total. The Morgan fingerprint density at radius 1 is 0.837 bits per heavy atom. The lowest BCUT2D eigenvalue weighted by Crippen LogP contribution is -2.55. The topological polar surface area (TPSA) is 100 Å². The Morgan fingerprint density at radius 2 is 1.44 bits per heavy atom. The molecule has 14 heteroatoms. The Bertz CT molecular complexity index is 1750. The van der Waals surface area contributed by atoms with Crippen molar-refractivity contribution in [3.63, 3.8) is 0 Å². The van der Waals surface area contributed by atoms with Gasteiger partial charge in [-0.1, -0.05) is 0 Å². The van der Waals surface area contributed by atoms with Crippen molar-refractivity contribution in [3.8, 4) is 12.1 Å². The van der Waals surface area contributed by atoms with E-state index in [2.05, 4.69) is 5.32 Å². The van der Waals surface area contributed by atoms with Crippen molar-refractivity contribution < 1.29 is 35.9 Å². The van der Waals surface area contributed by atoms with Crippen LogP contribution < -0.4 is 15.1 Å². The van der Waals surface area contributed by atoms with Crippen LogP contribution in [0.15, 0.2) is 60.7 Å². The molecule has 2 fully saturated rings. The number of thiocarbonyl (C=S) groups is 1. The first-order valence-electron chi connectivity index (χ1n) is 12.5. The van der Waals surface area contributed by atoms with Crippen LogP contribution >= 0.6 is 12.2 Å². The lowest BCUT2D eigenvalue weighted by molar-refractivity contribution is -0.138. The Balaban J connectivity index is 1.42. The van der Waals surface area contributed by atoms with Crippen molar-refractivity contribution in [2.45, 2.75) is 37.2 Å². The van der Waals surface area contributed by atoms with Crippen molar-refractivity contribution >= 4 is 46.2 Å². The second-order valence-corrected chi connectivity index (χ2v) is 10.2. The van der Waals surface area contributed by atoms with E-state index in [1.165, 1.54) is 47.4 Å². The summed E-state index contributed by atoms with van der Waals surface area (Å²) in [6.45, 7) is 0. The minimum Gasteiger partial charge on any atom is -0.322 e. The number of carbonyl (C=O) groups is 2. The summed E-state index contributed by atoms with van der Waals surface area (Å²) < 4.78 is 80.1. The molecule has 1 saturated carbocycles. The van der Waals surface area contributed by atoms with E-state index in [-0.39, 0.29) is 22.1 Å². The molecule has 2 amide bonds. The molecule has 3 aromatic rings. The van der Waals surface area contributed by atoms with Gasteiger partial charge >= 0.3 is 12.4 Å². The van der Waals surface area contributed by atoms with Gasteiger partial charge in [-0.05, 0) is 92.1 Å². The van der Waals surface area contributed by atoms with Gasteiger partial charge in [0, 0.05) is 16.9 Å². The average Bonchev–Trinajstić information content (AvgIpc) is 3.18. The van der Waals surface area contributed by atoms with Gasteiger partial charge < -0.3 is 10.2 Å². The van der Waals surface area contributed by atoms with Crippen LogP contribution in [0.1, 0.15) is 51.9 Å². The molecule has 1 aliphatic heterocycles. The Morgan fingerprint density at radius 3 is 1.98 bits per heavy atom. The highest BCUT2D eigenvalue weighted by Crippen LogP contribution is 2.48. The van der Waals surface area contributed by atoms with Gasteiger partial charge in [-0.2, -0.15) is 36.9 Å². The summed E-state index contributed by atoms with van der Waals surface area (Å²) in [5.41, 5.74) is -4.42. The van der Waals surface area contributed by atoms with Gasteiger partial charge in [0.2, 0.25) is 0 Å². The van der Waals surface area contributed by atoms with Gasteiger partial charge in [0.25, 0.3) is 11.8 Å². The number of nitrogens with one attached hydrogen (secondary N) is 1. The van der Waals surface area contributed by atoms with E-state index < -0.39 is 52.0 Å². The predicted octanol–water partition coefficient (Wildman–Crippen LogP) is 6.78. The Labute approximate surface area is 245 Å². The summed E-state index contributed by atoms with van der Waals surface area (Å²) in [4.78, 5) is 29.0. The van der Waals surface area contributed by atoms with Crippen LogP contribution in [-0.4, -0.2) is 22.5 Å². The minimum absolute atomic E-state index is 0.0327.